The third-order valence-electron chi connectivity index (χ3n) is 4.38. The van der Waals surface area contributed by atoms with Gasteiger partial charge >= 0.3 is 0 Å². The van der Waals surface area contributed by atoms with Crippen LogP contribution in [0.1, 0.15) is 25.8 Å². The first kappa shape index (κ1) is 17.2. The number of aryl methyl sites for hydroxylation is 2. The molecule has 1 aromatic heterocycles. The number of nitrogens with one attached hydrogen (secondary N) is 2. The molecule has 1 aromatic carbocycles. The molecular weight excluding hydrogens is 316 g/mol. The van der Waals surface area contributed by atoms with Gasteiger partial charge in [0.15, 0.2) is 5.75 Å². The van der Waals surface area contributed by atoms with Crippen LogP contribution in [0.3, 0.4) is 0 Å². The maximum Gasteiger partial charge on any atom is 0.223 e. The van der Waals surface area contributed by atoms with Gasteiger partial charge in [0.05, 0.1) is 18.1 Å². The maximum absolute atomic E-state index is 11.8. The Labute approximate surface area is 147 Å². The molecule has 25 heavy (non-hydrogen) atoms. The van der Waals surface area contributed by atoms with E-state index in [1.807, 2.05) is 26.1 Å². The minimum Gasteiger partial charge on any atom is -0.503 e. The van der Waals surface area contributed by atoms with Crippen molar-refractivity contribution in [2.24, 2.45) is 12.0 Å². The molecule has 6 heteroatoms. The molecule has 0 spiro atoms. The number of benzene rings is 1. The largest absolute Gasteiger partial charge is 0.503 e. The van der Waals surface area contributed by atoms with Gasteiger partial charge in [-0.25, -0.2) is 0 Å². The van der Waals surface area contributed by atoms with Crippen LogP contribution >= 0.6 is 0 Å². The predicted molar refractivity (Wildman–Crippen MR) is 101 cm³/mol. The zero-order valence-electron chi connectivity index (χ0n) is 14.8. The van der Waals surface area contributed by atoms with E-state index in [1.165, 1.54) is 17.8 Å². The first-order valence-electron chi connectivity index (χ1n) is 8.58. The molecule has 3 rings (SSSR count). The lowest BCUT2D eigenvalue weighted by molar-refractivity contribution is 0.464. The van der Waals surface area contributed by atoms with E-state index in [4.69, 9.17) is 0 Å². The second-order valence-electron chi connectivity index (χ2n) is 6.33. The lowest BCUT2D eigenvalue weighted by atomic mass is 9.99. The Morgan fingerprint density at radius 1 is 1.36 bits per heavy atom. The standard InChI is InChI=1S/C19H24N4O2/c1-4-20-12(2)21-19-8-7-13-5-6-14(9-15(13)22-19)16-10-17(24)18(25)11-23(16)3/h5-6,9-12,20,25H,4,7-8H2,1-3H3,(H,21,22). The fourth-order valence-electron chi connectivity index (χ4n) is 3.12. The van der Waals surface area contributed by atoms with E-state index in [1.54, 1.807) is 4.57 Å². The average molecular weight is 340 g/mol. The molecule has 0 aliphatic carbocycles. The Balaban J connectivity index is 1.93. The Hall–Kier alpha value is -2.60. The zero-order chi connectivity index (χ0) is 18.0. The fourth-order valence-corrected chi connectivity index (χ4v) is 3.12. The topological polar surface area (TPSA) is 78.7 Å². The van der Waals surface area contributed by atoms with Gasteiger partial charge < -0.3 is 15.0 Å². The Kier molecular flexibility index (Phi) is 4.90. The third kappa shape index (κ3) is 3.74. The SMILES string of the molecule is CCNC(C)/N=C1/CCc2ccc(-c3cc(=O)c(O)cn3C)cc2N1. The van der Waals surface area contributed by atoms with Gasteiger partial charge in [-0.3, -0.25) is 15.1 Å². The summed E-state index contributed by atoms with van der Waals surface area (Å²) in [6, 6.07) is 7.59. The van der Waals surface area contributed by atoms with Crippen molar-refractivity contribution in [2.45, 2.75) is 32.9 Å². The molecule has 2 heterocycles. The summed E-state index contributed by atoms with van der Waals surface area (Å²) in [5.41, 5.74) is 3.57. The van der Waals surface area contributed by atoms with E-state index < -0.39 is 0 Å². The minimum absolute atomic E-state index is 0.0788. The molecule has 0 saturated carbocycles. The molecule has 1 atom stereocenters. The van der Waals surface area contributed by atoms with E-state index in [2.05, 4.69) is 28.6 Å². The second-order valence-corrected chi connectivity index (χ2v) is 6.33. The summed E-state index contributed by atoms with van der Waals surface area (Å²) in [6.45, 7) is 4.98. The summed E-state index contributed by atoms with van der Waals surface area (Å²) in [7, 11) is 1.81. The molecule has 0 saturated heterocycles. The number of rotatable bonds is 4. The molecule has 1 aliphatic heterocycles. The van der Waals surface area contributed by atoms with Crippen LogP contribution in [-0.4, -0.2) is 28.2 Å². The Morgan fingerprint density at radius 3 is 2.92 bits per heavy atom. The van der Waals surface area contributed by atoms with Crippen LogP contribution in [0.2, 0.25) is 0 Å². The predicted octanol–water partition coefficient (Wildman–Crippen LogP) is 2.47. The summed E-state index contributed by atoms with van der Waals surface area (Å²) in [5, 5.41) is 16.3. The number of hydrogen-bond donors (Lipinski definition) is 3. The van der Waals surface area contributed by atoms with Crippen LogP contribution in [0, 0.1) is 0 Å². The number of nitrogens with zero attached hydrogens (tertiary/aromatic N) is 2. The van der Waals surface area contributed by atoms with E-state index >= 15 is 0 Å². The molecule has 0 fully saturated rings. The molecular formula is C19H24N4O2. The van der Waals surface area contributed by atoms with Gasteiger partial charge in [-0.15, -0.1) is 0 Å². The summed E-state index contributed by atoms with van der Waals surface area (Å²) < 4.78 is 1.75. The van der Waals surface area contributed by atoms with Gasteiger partial charge in [0.1, 0.15) is 5.84 Å². The first-order valence-corrected chi connectivity index (χ1v) is 8.58. The Morgan fingerprint density at radius 2 is 2.16 bits per heavy atom. The number of anilines is 1. The van der Waals surface area contributed by atoms with E-state index in [9.17, 15) is 9.90 Å². The molecule has 6 nitrogen and oxygen atoms in total. The molecule has 1 aliphatic rings. The highest BCUT2D eigenvalue weighted by atomic mass is 16.3. The highest BCUT2D eigenvalue weighted by Gasteiger charge is 2.16. The highest BCUT2D eigenvalue weighted by Crippen LogP contribution is 2.29. The molecule has 0 radical (unpaired) electrons. The molecule has 0 bridgehead atoms. The molecule has 2 aromatic rings. The van der Waals surface area contributed by atoms with Gasteiger partial charge in [0.2, 0.25) is 5.43 Å². The highest BCUT2D eigenvalue weighted by molar-refractivity contribution is 5.98. The van der Waals surface area contributed by atoms with Crippen molar-refractivity contribution in [3.63, 3.8) is 0 Å². The van der Waals surface area contributed by atoms with Crippen LogP contribution in [0.15, 0.2) is 40.2 Å². The van der Waals surface area contributed by atoms with E-state index in [-0.39, 0.29) is 17.3 Å². The summed E-state index contributed by atoms with van der Waals surface area (Å²) in [6.07, 6.45) is 3.35. The molecule has 1 unspecified atom stereocenters. The number of fused-ring (bicyclic) bond motifs is 1. The minimum atomic E-state index is -0.375. The average Bonchev–Trinajstić information content (AvgIpc) is 2.57. The van der Waals surface area contributed by atoms with Gasteiger partial charge in [0.25, 0.3) is 0 Å². The summed E-state index contributed by atoms with van der Waals surface area (Å²) >= 11 is 0. The maximum atomic E-state index is 11.8. The molecule has 3 N–H and O–H groups in total. The van der Waals surface area contributed by atoms with E-state index in [0.29, 0.717) is 0 Å². The number of aromatic hydroxyl groups is 1. The number of amidine groups is 1. The quantitative estimate of drug-likeness (QED) is 0.799. The van der Waals surface area contributed by atoms with Crippen molar-refractivity contribution in [1.29, 1.82) is 0 Å². The second kappa shape index (κ2) is 7.11. The van der Waals surface area contributed by atoms with Crippen LogP contribution in [0.4, 0.5) is 5.69 Å². The number of aliphatic imine (C=N–C) groups is 1. The van der Waals surface area contributed by atoms with Crippen molar-refractivity contribution in [1.82, 2.24) is 9.88 Å². The monoisotopic (exact) mass is 340 g/mol. The smallest absolute Gasteiger partial charge is 0.223 e. The van der Waals surface area contributed by atoms with Crippen LogP contribution in [0.5, 0.6) is 5.75 Å². The van der Waals surface area contributed by atoms with Crippen molar-refractivity contribution < 1.29 is 5.11 Å². The molecule has 132 valence electrons. The van der Waals surface area contributed by atoms with Crippen LogP contribution in [-0.2, 0) is 13.5 Å². The van der Waals surface area contributed by atoms with Crippen molar-refractivity contribution in [3.8, 4) is 17.0 Å². The zero-order valence-corrected chi connectivity index (χ0v) is 14.8. The summed E-state index contributed by atoms with van der Waals surface area (Å²) in [4.78, 5) is 16.5. The Bertz CT molecular complexity index is 870. The van der Waals surface area contributed by atoms with Crippen LogP contribution in [0.25, 0.3) is 11.3 Å². The fraction of sp³-hybridized carbons (Fsp3) is 0.368. The van der Waals surface area contributed by atoms with Gasteiger partial charge in [-0.1, -0.05) is 19.1 Å². The normalized spacial score (nSPS) is 16.4. The molecule has 0 amide bonds. The number of hydrogen-bond acceptors (Lipinski definition) is 4. The third-order valence-corrected chi connectivity index (χ3v) is 4.38. The van der Waals surface area contributed by atoms with Gasteiger partial charge in [-0.05, 0) is 31.5 Å². The van der Waals surface area contributed by atoms with Crippen molar-refractivity contribution in [3.05, 3.63) is 46.2 Å². The summed E-state index contributed by atoms with van der Waals surface area (Å²) in [5.74, 6) is 0.729. The number of aromatic nitrogens is 1. The van der Waals surface area contributed by atoms with Crippen molar-refractivity contribution >= 4 is 11.5 Å². The van der Waals surface area contributed by atoms with Gasteiger partial charge in [-0.2, -0.15) is 0 Å². The van der Waals surface area contributed by atoms with E-state index in [0.717, 1.165) is 42.2 Å². The number of pyridine rings is 1. The lowest BCUT2D eigenvalue weighted by Gasteiger charge is -2.22. The first-order chi connectivity index (χ1) is 12.0. The van der Waals surface area contributed by atoms with Crippen molar-refractivity contribution in [2.75, 3.05) is 11.9 Å². The lowest BCUT2D eigenvalue weighted by Crippen LogP contribution is -2.28. The van der Waals surface area contributed by atoms with Crippen LogP contribution < -0.4 is 16.1 Å². The van der Waals surface area contributed by atoms with Gasteiger partial charge in [0, 0.05) is 30.8 Å².